The van der Waals surface area contributed by atoms with Crippen molar-refractivity contribution in [3.05, 3.63) is 65.7 Å². The second-order valence-electron chi connectivity index (χ2n) is 5.90. The summed E-state index contributed by atoms with van der Waals surface area (Å²) in [5.74, 6) is 0.359. The van der Waals surface area contributed by atoms with E-state index < -0.39 is 0 Å². The number of aromatic hydroxyl groups is 1. The Labute approximate surface area is 127 Å². The summed E-state index contributed by atoms with van der Waals surface area (Å²) in [6, 6.07) is 18.8. The summed E-state index contributed by atoms with van der Waals surface area (Å²) in [4.78, 5) is 2.60. The first-order chi connectivity index (χ1) is 10.3. The summed E-state index contributed by atoms with van der Waals surface area (Å²) < 4.78 is 0. The molecule has 1 saturated heterocycles. The highest BCUT2D eigenvalue weighted by Gasteiger charge is 2.22. The molecule has 2 nitrogen and oxygen atoms in total. The molecule has 0 spiro atoms. The zero-order valence-corrected chi connectivity index (χ0v) is 12.4. The number of likely N-dealkylation sites (tertiary alicyclic amines) is 1. The fourth-order valence-corrected chi connectivity index (χ4v) is 3.27. The molecule has 3 rings (SSSR count). The van der Waals surface area contributed by atoms with Crippen LogP contribution in [0.3, 0.4) is 0 Å². The Hall–Kier alpha value is -1.80. The van der Waals surface area contributed by atoms with Crippen LogP contribution in [0, 0.1) is 0 Å². The summed E-state index contributed by atoms with van der Waals surface area (Å²) in [6.07, 6.45) is 4.90. The Kier molecular flexibility index (Phi) is 4.56. The van der Waals surface area contributed by atoms with Gasteiger partial charge in [0.1, 0.15) is 5.75 Å². The van der Waals surface area contributed by atoms with E-state index in [9.17, 15) is 5.11 Å². The lowest BCUT2D eigenvalue weighted by atomic mass is 9.95. The minimum Gasteiger partial charge on any atom is -0.508 e. The van der Waals surface area contributed by atoms with Crippen LogP contribution in [0.25, 0.3) is 0 Å². The van der Waals surface area contributed by atoms with E-state index in [1.54, 1.807) is 6.07 Å². The van der Waals surface area contributed by atoms with E-state index in [1.807, 2.05) is 12.1 Å². The van der Waals surface area contributed by atoms with Crippen LogP contribution in [0.15, 0.2) is 54.6 Å². The van der Waals surface area contributed by atoms with Gasteiger partial charge in [0.05, 0.1) is 0 Å². The first-order valence-electron chi connectivity index (χ1n) is 7.90. The van der Waals surface area contributed by atoms with Gasteiger partial charge in [0.15, 0.2) is 0 Å². The van der Waals surface area contributed by atoms with Gasteiger partial charge in [0.25, 0.3) is 0 Å². The molecule has 1 aliphatic heterocycles. The third-order valence-electron chi connectivity index (χ3n) is 4.36. The monoisotopic (exact) mass is 281 g/mol. The molecule has 2 heteroatoms. The summed E-state index contributed by atoms with van der Waals surface area (Å²) >= 11 is 0. The number of phenols is 1. The normalized spacial score (nSPS) is 17.5. The standard InChI is InChI=1S/C19H23NO/c21-18-11-7-8-16(14-18)15-19(17-9-3-1-4-10-17)20-12-5-2-6-13-20/h1,3-4,7-11,14,19,21H,2,5-6,12-13,15H2/t19-/m0/s1. The minimum absolute atomic E-state index is 0.359. The molecular weight excluding hydrogens is 258 g/mol. The van der Waals surface area contributed by atoms with Crippen LogP contribution in [0.5, 0.6) is 5.75 Å². The van der Waals surface area contributed by atoms with Crippen LogP contribution in [-0.4, -0.2) is 23.1 Å². The number of hydrogen-bond donors (Lipinski definition) is 1. The smallest absolute Gasteiger partial charge is 0.115 e. The molecule has 1 heterocycles. The Morgan fingerprint density at radius 2 is 1.67 bits per heavy atom. The van der Waals surface area contributed by atoms with Gasteiger partial charge in [-0.2, -0.15) is 0 Å². The van der Waals surface area contributed by atoms with Crippen molar-refractivity contribution >= 4 is 0 Å². The maximum Gasteiger partial charge on any atom is 0.115 e. The number of rotatable bonds is 4. The van der Waals surface area contributed by atoms with Gasteiger partial charge in [-0.15, -0.1) is 0 Å². The molecular formula is C19H23NO. The summed E-state index contributed by atoms with van der Waals surface area (Å²) in [7, 11) is 0. The van der Waals surface area contributed by atoms with Gasteiger partial charge in [-0.3, -0.25) is 4.90 Å². The molecule has 1 N–H and O–H groups in total. The second kappa shape index (κ2) is 6.77. The average molecular weight is 281 g/mol. The van der Waals surface area contributed by atoms with Crippen LogP contribution >= 0.6 is 0 Å². The molecule has 0 unspecified atom stereocenters. The van der Waals surface area contributed by atoms with Crippen LogP contribution < -0.4 is 0 Å². The van der Waals surface area contributed by atoms with Crippen molar-refractivity contribution in [2.24, 2.45) is 0 Å². The third-order valence-corrected chi connectivity index (χ3v) is 4.36. The average Bonchev–Trinajstić information content (AvgIpc) is 2.54. The largest absolute Gasteiger partial charge is 0.508 e. The highest BCUT2D eigenvalue weighted by molar-refractivity contribution is 5.30. The van der Waals surface area contributed by atoms with E-state index in [0.29, 0.717) is 11.8 Å². The molecule has 0 aromatic heterocycles. The minimum atomic E-state index is 0.359. The van der Waals surface area contributed by atoms with Crippen molar-refractivity contribution in [1.29, 1.82) is 0 Å². The van der Waals surface area contributed by atoms with Crippen molar-refractivity contribution in [3.8, 4) is 5.75 Å². The Morgan fingerprint density at radius 3 is 2.38 bits per heavy atom. The van der Waals surface area contributed by atoms with Gasteiger partial charge in [0.2, 0.25) is 0 Å². The van der Waals surface area contributed by atoms with Crippen molar-refractivity contribution < 1.29 is 5.11 Å². The zero-order valence-electron chi connectivity index (χ0n) is 12.4. The molecule has 2 aromatic carbocycles. The number of nitrogens with zero attached hydrogens (tertiary/aromatic N) is 1. The molecule has 0 radical (unpaired) electrons. The molecule has 110 valence electrons. The first kappa shape index (κ1) is 14.2. The van der Waals surface area contributed by atoms with Crippen molar-refractivity contribution in [2.45, 2.75) is 31.7 Å². The quantitative estimate of drug-likeness (QED) is 0.909. The van der Waals surface area contributed by atoms with Crippen LogP contribution in [0.4, 0.5) is 0 Å². The Morgan fingerprint density at radius 1 is 0.905 bits per heavy atom. The predicted molar refractivity (Wildman–Crippen MR) is 86.4 cm³/mol. The van der Waals surface area contributed by atoms with Gasteiger partial charge in [-0.1, -0.05) is 48.9 Å². The van der Waals surface area contributed by atoms with Crippen LogP contribution in [-0.2, 0) is 6.42 Å². The SMILES string of the molecule is Oc1cccc(C[C@@H](c2ccccc2)N2CCCCC2)c1. The summed E-state index contributed by atoms with van der Waals surface area (Å²) in [5.41, 5.74) is 2.58. The number of hydrogen-bond acceptors (Lipinski definition) is 2. The zero-order chi connectivity index (χ0) is 14.5. The number of piperidine rings is 1. The molecule has 21 heavy (non-hydrogen) atoms. The molecule has 1 atom stereocenters. The van der Waals surface area contributed by atoms with Crippen LogP contribution in [0.2, 0.25) is 0 Å². The molecule has 0 bridgehead atoms. The van der Waals surface area contributed by atoms with E-state index in [1.165, 1.54) is 43.5 Å². The summed E-state index contributed by atoms with van der Waals surface area (Å²) in [5, 5.41) is 9.69. The first-order valence-corrected chi connectivity index (χ1v) is 7.90. The van der Waals surface area contributed by atoms with Gasteiger partial charge in [-0.25, -0.2) is 0 Å². The lowest BCUT2D eigenvalue weighted by Crippen LogP contribution is -2.34. The topological polar surface area (TPSA) is 23.5 Å². The van der Waals surface area contributed by atoms with E-state index in [4.69, 9.17) is 0 Å². The van der Waals surface area contributed by atoms with Crippen molar-refractivity contribution in [3.63, 3.8) is 0 Å². The lowest BCUT2D eigenvalue weighted by molar-refractivity contribution is 0.162. The number of benzene rings is 2. The maximum atomic E-state index is 9.69. The highest BCUT2D eigenvalue weighted by Crippen LogP contribution is 2.28. The van der Waals surface area contributed by atoms with Gasteiger partial charge < -0.3 is 5.11 Å². The fraction of sp³-hybridized carbons (Fsp3) is 0.368. The van der Waals surface area contributed by atoms with Crippen molar-refractivity contribution in [2.75, 3.05) is 13.1 Å². The molecule has 0 amide bonds. The van der Waals surface area contributed by atoms with E-state index in [2.05, 4.69) is 41.3 Å². The van der Waals surface area contributed by atoms with Gasteiger partial charge in [0, 0.05) is 6.04 Å². The third kappa shape index (κ3) is 3.64. The van der Waals surface area contributed by atoms with Gasteiger partial charge in [-0.05, 0) is 55.6 Å². The molecule has 2 aromatic rings. The van der Waals surface area contributed by atoms with E-state index in [-0.39, 0.29) is 0 Å². The highest BCUT2D eigenvalue weighted by atomic mass is 16.3. The molecule has 0 aliphatic carbocycles. The fourth-order valence-electron chi connectivity index (χ4n) is 3.27. The summed E-state index contributed by atoms with van der Waals surface area (Å²) in [6.45, 7) is 2.36. The molecule has 1 aliphatic rings. The van der Waals surface area contributed by atoms with Crippen molar-refractivity contribution in [1.82, 2.24) is 4.90 Å². The second-order valence-corrected chi connectivity index (χ2v) is 5.90. The molecule has 0 saturated carbocycles. The Bertz CT molecular complexity index is 561. The predicted octanol–water partition coefficient (Wildman–Crippen LogP) is 4.16. The lowest BCUT2D eigenvalue weighted by Gasteiger charge is -2.35. The Balaban J connectivity index is 1.85. The van der Waals surface area contributed by atoms with Gasteiger partial charge >= 0.3 is 0 Å². The molecule has 1 fully saturated rings. The van der Waals surface area contributed by atoms with E-state index in [0.717, 1.165) is 6.42 Å². The van der Waals surface area contributed by atoms with E-state index >= 15 is 0 Å². The number of phenolic OH excluding ortho intramolecular Hbond substituents is 1. The van der Waals surface area contributed by atoms with Crippen LogP contribution in [0.1, 0.15) is 36.4 Å². The maximum absolute atomic E-state index is 9.69.